The molecule has 2 amide bonds. The Labute approximate surface area is 86.5 Å². The Kier molecular flexibility index (Phi) is 6.32. The van der Waals surface area contributed by atoms with Crippen LogP contribution in [0.1, 0.15) is 6.92 Å². The van der Waals surface area contributed by atoms with E-state index in [4.69, 9.17) is 15.1 Å². The molecule has 82 valence electrons. The number of carbonyl (C=O) groups excluding carboxylic acids is 1. The molecule has 0 radical (unpaired) electrons. The molecular formula is C9H12N2O4. The average Bonchev–Trinajstić information content (AvgIpc) is 2.19. The summed E-state index contributed by atoms with van der Waals surface area (Å²) in [5, 5.41) is 17.3. The monoisotopic (exact) mass is 212 g/mol. The number of benzene rings is 1. The highest BCUT2D eigenvalue weighted by Gasteiger charge is 1.90. The number of hydrogen-bond acceptors (Lipinski definition) is 3. The second kappa shape index (κ2) is 7.34. The van der Waals surface area contributed by atoms with Crippen molar-refractivity contribution in [1.82, 2.24) is 5.48 Å². The third-order valence-electron chi connectivity index (χ3n) is 1.19. The van der Waals surface area contributed by atoms with E-state index < -0.39 is 6.09 Å². The Morgan fingerprint density at radius 3 is 2.00 bits per heavy atom. The lowest BCUT2D eigenvalue weighted by Gasteiger charge is -1.98. The van der Waals surface area contributed by atoms with Crippen LogP contribution in [0.4, 0.5) is 10.5 Å². The van der Waals surface area contributed by atoms with Crippen LogP contribution in [0.25, 0.3) is 0 Å². The lowest BCUT2D eigenvalue weighted by atomic mass is 10.3. The maximum Gasteiger partial charge on any atom is 0.428 e. The summed E-state index contributed by atoms with van der Waals surface area (Å²) >= 11 is 0. The molecule has 4 N–H and O–H groups in total. The fraction of sp³-hybridized carbons (Fsp3) is 0.111. The van der Waals surface area contributed by atoms with Crippen LogP contribution in [0.3, 0.4) is 0 Å². The molecule has 1 aromatic carbocycles. The summed E-state index contributed by atoms with van der Waals surface area (Å²) in [7, 11) is 0. The zero-order valence-electron chi connectivity index (χ0n) is 8.10. The van der Waals surface area contributed by atoms with E-state index in [1.165, 1.54) is 6.92 Å². The maximum atomic E-state index is 10.5. The van der Waals surface area contributed by atoms with Gasteiger partial charge in [0, 0.05) is 12.6 Å². The van der Waals surface area contributed by atoms with Gasteiger partial charge in [-0.25, -0.2) is 10.3 Å². The SMILES string of the molecule is CC(=O)Nc1ccccc1.O=C(O)NO. The van der Waals surface area contributed by atoms with Crippen LogP contribution in [0.5, 0.6) is 0 Å². The van der Waals surface area contributed by atoms with E-state index in [9.17, 15) is 4.79 Å². The van der Waals surface area contributed by atoms with Crippen LogP contribution in [-0.4, -0.2) is 22.3 Å². The second-order valence-electron chi connectivity index (χ2n) is 2.46. The first-order chi connectivity index (χ1) is 7.06. The van der Waals surface area contributed by atoms with E-state index in [0.29, 0.717) is 0 Å². The van der Waals surface area contributed by atoms with Crippen LogP contribution in [-0.2, 0) is 4.79 Å². The molecule has 1 rings (SSSR count). The van der Waals surface area contributed by atoms with Crippen LogP contribution < -0.4 is 10.8 Å². The molecule has 0 aliphatic rings. The van der Waals surface area contributed by atoms with Crippen LogP contribution >= 0.6 is 0 Å². The molecule has 6 nitrogen and oxygen atoms in total. The molecule has 0 bridgehead atoms. The minimum atomic E-state index is -1.44. The molecule has 6 heteroatoms. The molecule has 0 fully saturated rings. The quantitative estimate of drug-likeness (QED) is 0.416. The van der Waals surface area contributed by atoms with Crippen molar-refractivity contribution < 1.29 is 19.9 Å². The van der Waals surface area contributed by atoms with E-state index in [1.54, 1.807) is 0 Å². The van der Waals surface area contributed by atoms with Crippen molar-refractivity contribution in [2.75, 3.05) is 5.32 Å². The number of nitrogens with one attached hydrogen (secondary N) is 2. The Bertz CT molecular complexity index is 313. The smallest absolute Gasteiger partial charge is 0.428 e. The number of carbonyl (C=O) groups is 2. The van der Waals surface area contributed by atoms with Gasteiger partial charge in [0.05, 0.1) is 0 Å². The summed E-state index contributed by atoms with van der Waals surface area (Å²) < 4.78 is 0. The lowest BCUT2D eigenvalue weighted by molar-refractivity contribution is -0.114. The zero-order chi connectivity index (χ0) is 11.7. The van der Waals surface area contributed by atoms with Gasteiger partial charge in [-0.15, -0.1) is 0 Å². The molecule has 0 saturated heterocycles. The highest BCUT2D eigenvalue weighted by Crippen LogP contribution is 2.03. The summed E-state index contributed by atoms with van der Waals surface area (Å²) in [4.78, 5) is 19.5. The van der Waals surface area contributed by atoms with Gasteiger partial charge < -0.3 is 10.4 Å². The third kappa shape index (κ3) is 8.26. The van der Waals surface area contributed by atoms with Gasteiger partial charge >= 0.3 is 6.09 Å². The summed E-state index contributed by atoms with van der Waals surface area (Å²) in [5.41, 5.74) is 1.79. The minimum Gasteiger partial charge on any atom is -0.464 e. The first kappa shape index (κ1) is 12.9. The van der Waals surface area contributed by atoms with Gasteiger partial charge in [0.1, 0.15) is 0 Å². The van der Waals surface area contributed by atoms with Gasteiger partial charge in [-0.1, -0.05) is 18.2 Å². The lowest BCUT2D eigenvalue weighted by Crippen LogP contribution is -2.14. The third-order valence-corrected chi connectivity index (χ3v) is 1.19. The molecular weight excluding hydrogens is 200 g/mol. The Morgan fingerprint density at radius 2 is 1.67 bits per heavy atom. The highest BCUT2D eigenvalue weighted by atomic mass is 16.5. The van der Waals surface area contributed by atoms with E-state index in [0.717, 1.165) is 11.2 Å². The molecule has 15 heavy (non-hydrogen) atoms. The maximum absolute atomic E-state index is 10.5. The van der Waals surface area contributed by atoms with Gasteiger partial charge in [-0.2, -0.15) is 0 Å². The molecule has 0 unspecified atom stereocenters. The Balaban J connectivity index is 0.000000336. The molecule has 0 spiro atoms. The van der Waals surface area contributed by atoms with Crippen LogP contribution in [0.2, 0.25) is 0 Å². The first-order valence-corrected chi connectivity index (χ1v) is 4.02. The van der Waals surface area contributed by atoms with Crippen molar-refractivity contribution in [3.05, 3.63) is 30.3 Å². The number of carboxylic acid groups (broad SMARTS) is 1. The molecule has 0 aliphatic carbocycles. The van der Waals surface area contributed by atoms with Crippen molar-refractivity contribution in [1.29, 1.82) is 0 Å². The van der Waals surface area contributed by atoms with Crippen LogP contribution in [0, 0.1) is 0 Å². The normalized spacial score (nSPS) is 8.13. The number of anilines is 1. The molecule has 0 aliphatic heterocycles. The van der Waals surface area contributed by atoms with E-state index >= 15 is 0 Å². The number of amides is 2. The average molecular weight is 212 g/mol. The molecule has 0 heterocycles. The Morgan fingerprint density at radius 1 is 1.20 bits per heavy atom. The van der Waals surface area contributed by atoms with Gasteiger partial charge in [0.25, 0.3) is 0 Å². The standard InChI is InChI=1S/C8H9NO.CH3NO3/c1-7(10)9-8-5-3-2-4-6-8;3-1(4)2-5/h2-6H,1H3,(H,9,10);2,5H,(H,3,4). The summed E-state index contributed by atoms with van der Waals surface area (Å²) in [5.74, 6) is -0.0359. The minimum absolute atomic E-state index is 0.0359. The van der Waals surface area contributed by atoms with Crippen molar-refractivity contribution in [3.63, 3.8) is 0 Å². The number of hydrogen-bond donors (Lipinski definition) is 4. The topological polar surface area (TPSA) is 98.7 Å². The van der Waals surface area contributed by atoms with Crippen molar-refractivity contribution in [3.8, 4) is 0 Å². The largest absolute Gasteiger partial charge is 0.464 e. The Hall–Kier alpha value is -2.08. The zero-order valence-corrected chi connectivity index (χ0v) is 8.10. The second-order valence-corrected chi connectivity index (χ2v) is 2.46. The van der Waals surface area contributed by atoms with Crippen molar-refractivity contribution >= 4 is 17.7 Å². The summed E-state index contributed by atoms with van der Waals surface area (Å²) in [6.07, 6.45) is -1.44. The van der Waals surface area contributed by atoms with E-state index in [1.807, 2.05) is 30.3 Å². The highest BCUT2D eigenvalue weighted by molar-refractivity contribution is 5.88. The number of rotatable bonds is 1. The summed E-state index contributed by atoms with van der Waals surface area (Å²) in [6.45, 7) is 1.49. The number of hydroxylamine groups is 1. The van der Waals surface area contributed by atoms with Gasteiger partial charge in [-0.3, -0.25) is 10.0 Å². The summed E-state index contributed by atoms with van der Waals surface area (Å²) in [6, 6.07) is 9.37. The molecule has 0 aromatic heterocycles. The van der Waals surface area contributed by atoms with Gasteiger partial charge in [0.2, 0.25) is 5.91 Å². The van der Waals surface area contributed by atoms with Gasteiger partial charge in [-0.05, 0) is 12.1 Å². The van der Waals surface area contributed by atoms with E-state index in [2.05, 4.69) is 5.32 Å². The predicted molar refractivity (Wildman–Crippen MR) is 53.7 cm³/mol. The van der Waals surface area contributed by atoms with E-state index in [-0.39, 0.29) is 5.91 Å². The molecule has 1 aromatic rings. The van der Waals surface area contributed by atoms with Crippen LogP contribution in [0.15, 0.2) is 30.3 Å². The predicted octanol–water partition coefficient (Wildman–Crippen LogP) is 1.29. The fourth-order valence-corrected chi connectivity index (χ4v) is 0.725. The van der Waals surface area contributed by atoms with Crippen molar-refractivity contribution in [2.24, 2.45) is 0 Å². The molecule has 0 saturated carbocycles. The van der Waals surface area contributed by atoms with Crippen molar-refractivity contribution in [2.45, 2.75) is 6.92 Å². The van der Waals surface area contributed by atoms with Gasteiger partial charge in [0.15, 0.2) is 0 Å². The molecule has 0 atom stereocenters. The number of para-hydroxylation sites is 1. The fourth-order valence-electron chi connectivity index (χ4n) is 0.725. The first-order valence-electron chi connectivity index (χ1n) is 4.02.